The monoisotopic (exact) mass is 413 g/mol. The maximum atomic E-state index is 13.3. The van der Waals surface area contributed by atoms with Crippen LogP contribution in [0.5, 0.6) is 11.5 Å². The summed E-state index contributed by atoms with van der Waals surface area (Å²) in [5.41, 5.74) is 2.96. The van der Waals surface area contributed by atoms with Crippen LogP contribution in [0.15, 0.2) is 83.5 Å². The number of carbonyl (C=O) groups excluding carboxylic acids is 1. The van der Waals surface area contributed by atoms with E-state index in [9.17, 15) is 15.0 Å². The Balaban J connectivity index is 1.68. The number of nitrogens with zero attached hydrogens (tertiary/aromatic N) is 1. The molecule has 5 rings (SSSR count). The molecule has 0 fully saturated rings. The minimum Gasteiger partial charge on any atom is -0.508 e. The van der Waals surface area contributed by atoms with Crippen LogP contribution in [0.1, 0.15) is 15.2 Å². The summed E-state index contributed by atoms with van der Waals surface area (Å²) in [6.45, 7) is 0. The highest BCUT2D eigenvalue weighted by atomic mass is 32.1. The van der Waals surface area contributed by atoms with Crippen molar-refractivity contribution >= 4 is 27.2 Å². The Hall–Kier alpha value is -3.90. The maximum Gasteiger partial charge on any atom is 0.208 e. The standard InChI is InChI=1S/C24H15NO4S/c26-17-10-11-18-20(12-17)30-24(22(28)15-4-2-1-3-5-15)21(18)14-6-8-16(9-7-14)23-19(27)13-25-29-23/h1-13,26-27H. The number of ketones is 1. The molecule has 0 saturated heterocycles. The first-order valence-electron chi connectivity index (χ1n) is 9.21. The Kier molecular flexibility index (Phi) is 4.34. The van der Waals surface area contributed by atoms with Gasteiger partial charge >= 0.3 is 0 Å². The van der Waals surface area contributed by atoms with Gasteiger partial charge in [-0.2, -0.15) is 0 Å². The van der Waals surface area contributed by atoms with Crippen molar-refractivity contribution in [3.05, 3.63) is 89.4 Å². The third kappa shape index (κ3) is 3.03. The van der Waals surface area contributed by atoms with Crippen LogP contribution < -0.4 is 0 Å². The van der Waals surface area contributed by atoms with Crippen LogP contribution in [0.25, 0.3) is 32.5 Å². The smallest absolute Gasteiger partial charge is 0.208 e. The van der Waals surface area contributed by atoms with E-state index in [1.807, 2.05) is 48.5 Å². The first-order valence-corrected chi connectivity index (χ1v) is 10.0. The Bertz CT molecular complexity index is 1370. The molecule has 0 atom stereocenters. The Morgan fingerprint density at radius 2 is 1.63 bits per heavy atom. The van der Waals surface area contributed by atoms with Crippen molar-refractivity contribution in [1.29, 1.82) is 0 Å². The fourth-order valence-electron chi connectivity index (χ4n) is 3.48. The fraction of sp³-hybridized carbons (Fsp3) is 0. The van der Waals surface area contributed by atoms with E-state index in [0.717, 1.165) is 21.2 Å². The average molecular weight is 413 g/mol. The number of hydrogen-bond acceptors (Lipinski definition) is 6. The molecule has 6 heteroatoms. The highest BCUT2D eigenvalue weighted by Crippen LogP contribution is 2.42. The van der Waals surface area contributed by atoms with Crippen molar-refractivity contribution in [3.8, 4) is 33.9 Å². The van der Waals surface area contributed by atoms with Gasteiger partial charge in [-0.05, 0) is 23.8 Å². The van der Waals surface area contributed by atoms with E-state index in [0.29, 0.717) is 21.8 Å². The van der Waals surface area contributed by atoms with E-state index in [1.54, 1.807) is 24.3 Å². The van der Waals surface area contributed by atoms with E-state index in [4.69, 9.17) is 4.52 Å². The lowest BCUT2D eigenvalue weighted by Gasteiger charge is -2.06. The minimum atomic E-state index is -0.0664. The van der Waals surface area contributed by atoms with Crippen molar-refractivity contribution in [1.82, 2.24) is 5.16 Å². The molecule has 2 heterocycles. The molecule has 0 spiro atoms. The summed E-state index contributed by atoms with van der Waals surface area (Å²) in [6.07, 6.45) is 1.25. The van der Waals surface area contributed by atoms with Gasteiger partial charge in [0.1, 0.15) is 11.9 Å². The Morgan fingerprint density at radius 3 is 2.33 bits per heavy atom. The van der Waals surface area contributed by atoms with Crippen LogP contribution in [0.3, 0.4) is 0 Å². The second-order valence-corrected chi connectivity index (χ2v) is 7.85. The lowest BCUT2D eigenvalue weighted by atomic mass is 9.97. The van der Waals surface area contributed by atoms with E-state index >= 15 is 0 Å². The quantitative estimate of drug-likeness (QED) is 0.360. The molecule has 0 aliphatic rings. The third-order valence-electron chi connectivity index (χ3n) is 4.90. The van der Waals surface area contributed by atoms with Gasteiger partial charge in [0.05, 0.1) is 4.88 Å². The number of hydrogen-bond donors (Lipinski definition) is 2. The second kappa shape index (κ2) is 7.17. The van der Waals surface area contributed by atoms with Gasteiger partial charge in [-0.1, -0.05) is 59.8 Å². The molecule has 0 aliphatic carbocycles. The van der Waals surface area contributed by atoms with Crippen LogP contribution in [-0.2, 0) is 0 Å². The third-order valence-corrected chi connectivity index (χ3v) is 6.05. The van der Waals surface area contributed by atoms with Gasteiger partial charge in [0.25, 0.3) is 0 Å². The number of aromatic nitrogens is 1. The summed E-state index contributed by atoms with van der Waals surface area (Å²) in [5, 5.41) is 24.2. The largest absolute Gasteiger partial charge is 0.508 e. The van der Waals surface area contributed by atoms with Gasteiger partial charge in [0.2, 0.25) is 11.5 Å². The van der Waals surface area contributed by atoms with Crippen molar-refractivity contribution in [2.45, 2.75) is 0 Å². The number of fused-ring (bicyclic) bond motifs is 1. The number of benzene rings is 3. The number of aromatic hydroxyl groups is 2. The molecule has 30 heavy (non-hydrogen) atoms. The molecule has 2 aromatic heterocycles. The Morgan fingerprint density at radius 1 is 0.900 bits per heavy atom. The molecule has 5 nitrogen and oxygen atoms in total. The highest BCUT2D eigenvalue weighted by molar-refractivity contribution is 7.21. The van der Waals surface area contributed by atoms with E-state index < -0.39 is 0 Å². The normalized spacial score (nSPS) is 11.1. The average Bonchev–Trinajstić information content (AvgIpc) is 3.37. The van der Waals surface area contributed by atoms with Crippen LogP contribution >= 0.6 is 11.3 Å². The zero-order valence-electron chi connectivity index (χ0n) is 15.6. The first-order chi connectivity index (χ1) is 14.6. The van der Waals surface area contributed by atoms with Gasteiger partial charge < -0.3 is 14.7 Å². The van der Waals surface area contributed by atoms with Crippen LogP contribution in [0, 0.1) is 0 Å². The summed E-state index contributed by atoms with van der Waals surface area (Å²) in [5.74, 6) is 0.356. The molecule has 3 aromatic carbocycles. The molecule has 5 aromatic rings. The summed E-state index contributed by atoms with van der Waals surface area (Å²) in [7, 11) is 0. The summed E-state index contributed by atoms with van der Waals surface area (Å²) in [4.78, 5) is 13.9. The first kappa shape index (κ1) is 18.1. The molecule has 0 bridgehead atoms. The molecule has 0 amide bonds. The number of phenols is 1. The van der Waals surface area contributed by atoms with Crippen molar-refractivity contribution in [2.75, 3.05) is 0 Å². The predicted octanol–water partition coefficient (Wildman–Crippen LogP) is 5.87. The molecule has 146 valence electrons. The van der Waals surface area contributed by atoms with Crippen molar-refractivity contribution in [3.63, 3.8) is 0 Å². The van der Waals surface area contributed by atoms with Gasteiger partial charge in [0, 0.05) is 26.8 Å². The van der Waals surface area contributed by atoms with E-state index in [1.165, 1.54) is 17.5 Å². The second-order valence-electron chi connectivity index (χ2n) is 6.80. The van der Waals surface area contributed by atoms with Gasteiger partial charge in [-0.25, -0.2) is 0 Å². The SMILES string of the molecule is O=C(c1ccccc1)c1sc2cc(O)ccc2c1-c1ccc(-c2oncc2O)cc1. The topological polar surface area (TPSA) is 83.6 Å². The molecule has 0 unspecified atom stereocenters. The zero-order valence-corrected chi connectivity index (χ0v) is 16.4. The fourth-order valence-corrected chi connectivity index (χ4v) is 4.70. The minimum absolute atomic E-state index is 0.0286. The van der Waals surface area contributed by atoms with Crippen LogP contribution in [0.4, 0.5) is 0 Å². The van der Waals surface area contributed by atoms with Crippen LogP contribution in [-0.4, -0.2) is 21.2 Å². The van der Waals surface area contributed by atoms with Crippen molar-refractivity contribution < 1.29 is 19.5 Å². The summed E-state index contributed by atoms with van der Waals surface area (Å²) < 4.78 is 5.94. The molecule has 0 radical (unpaired) electrons. The van der Waals surface area contributed by atoms with Gasteiger partial charge in [-0.15, -0.1) is 11.3 Å². The number of thiophene rings is 1. The van der Waals surface area contributed by atoms with E-state index in [-0.39, 0.29) is 17.3 Å². The Labute approximate surface area is 175 Å². The molecule has 0 aliphatic heterocycles. The van der Waals surface area contributed by atoms with Gasteiger partial charge in [0.15, 0.2) is 5.75 Å². The maximum absolute atomic E-state index is 13.3. The predicted molar refractivity (Wildman–Crippen MR) is 116 cm³/mol. The van der Waals surface area contributed by atoms with Crippen molar-refractivity contribution in [2.24, 2.45) is 0 Å². The lowest BCUT2D eigenvalue weighted by Crippen LogP contribution is -2.00. The highest BCUT2D eigenvalue weighted by Gasteiger charge is 2.21. The molecular formula is C24H15NO4S. The molecule has 2 N–H and O–H groups in total. The lowest BCUT2D eigenvalue weighted by molar-refractivity contribution is 0.104. The molecular weight excluding hydrogens is 398 g/mol. The van der Waals surface area contributed by atoms with Crippen LogP contribution in [0.2, 0.25) is 0 Å². The van der Waals surface area contributed by atoms with E-state index in [2.05, 4.69) is 5.16 Å². The number of phenolic OH excluding ortho intramolecular Hbond substituents is 1. The van der Waals surface area contributed by atoms with Gasteiger partial charge in [-0.3, -0.25) is 4.79 Å². The number of rotatable bonds is 4. The number of carbonyl (C=O) groups is 1. The summed E-state index contributed by atoms with van der Waals surface area (Å²) in [6, 6.07) is 21.7. The zero-order chi connectivity index (χ0) is 20.7. The molecule has 0 saturated carbocycles. The summed E-state index contributed by atoms with van der Waals surface area (Å²) >= 11 is 1.36.